The number of benzene rings is 1. The Morgan fingerprint density at radius 3 is 2.81 bits per heavy atom. The van der Waals surface area contributed by atoms with E-state index in [1.165, 1.54) is 0 Å². The molecular formula is C15H16N4O2. The summed E-state index contributed by atoms with van der Waals surface area (Å²) in [4.78, 5) is 18.6. The Labute approximate surface area is 122 Å². The van der Waals surface area contributed by atoms with Gasteiger partial charge in [0.2, 0.25) is 0 Å². The van der Waals surface area contributed by atoms with E-state index in [4.69, 9.17) is 10.4 Å². The number of nitrogens with zero attached hydrogens (tertiary/aromatic N) is 3. The molecule has 0 fully saturated rings. The van der Waals surface area contributed by atoms with Crippen LogP contribution in [0.1, 0.15) is 10.4 Å². The molecule has 1 atom stereocenters. The van der Waals surface area contributed by atoms with Crippen LogP contribution in [0.3, 0.4) is 0 Å². The van der Waals surface area contributed by atoms with Gasteiger partial charge in [-0.2, -0.15) is 5.26 Å². The van der Waals surface area contributed by atoms with Gasteiger partial charge in [-0.05, 0) is 12.1 Å². The van der Waals surface area contributed by atoms with Crippen molar-refractivity contribution in [1.29, 1.82) is 5.26 Å². The number of aliphatic hydroxyl groups excluding tert-OH is 1. The van der Waals surface area contributed by atoms with Gasteiger partial charge in [0, 0.05) is 19.5 Å². The maximum atomic E-state index is 12.3. The molecule has 2 rings (SSSR count). The van der Waals surface area contributed by atoms with Crippen molar-refractivity contribution in [2.24, 2.45) is 0 Å². The first-order chi connectivity index (χ1) is 10.1. The third kappa shape index (κ3) is 3.09. The second-order valence-electron chi connectivity index (χ2n) is 4.78. The van der Waals surface area contributed by atoms with Crippen LogP contribution in [0.4, 0.5) is 5.82 Å². The molecule has 1 heterocycles. The highest BCUT2D eigenvalue weighted by atomic mass is 16.3. The topological polar surface area (TPSA) is 89.2 Å². The highest BCUT2D eigenvalue weighted by Crippen LogP contribution is 2.22. The molecule has 0 aliphatic rings. The van der Waals surface area contributed by atoms with Gasteiger partial charge in [-0.15, -0.1) is 0 Å². The Balaban J connectivity index is 2.51. The molecule has 0 spiro atoms. The second-order valence-corrected chi connectivity index (χ2v) is 4.78. The second kappa shape index (κ2) is 6.20. The van der Waals surface area contributed by atoms with Crippen molar-refractivity contribution in [3.05, 3.63) is 35.9 Å². The minimum absolute atomic E-state index is 0.405. The number of pyridine rings is 1. The van der Waals surface area contributed by atoms with E-state index in [-0.39, 0.29) is 0 Å². The summed E-state index contributed by atoms with van der Waals surface area (Å²) in [5.41, 5.74) is 1.13. The van der Waals surface area contributed by atoms with Gasteiger partial charge in [-0.25, -0.2) is 4.98 Å². The zero-order valence-electron chi connectivity index (χ0n) is 11.9. The SMILES string of the molecule is CN(C)c1cc(C(=O)NC(C#N)CO)c2ccccc2n1. The van der Waals surface area contributed by atoms with Gasteiger partial charge in [0.05, 0.1) is 23.8 Å². The molecule has 6 nitrogen and oxygen atoms in total. The average Bonchev–Trinajstić information content (AvgIpc) is 2.51. The molecule has 0 radical (unpaired) electrons. The lowest BCUT2D eigenvalue weighted by atomic mass is 10.1. The molecule has 6 heteroatoms. The van der Waals surface area contributed by atoms with E-state index in [2.05, 4.69) is 10.3 Å². The molecule has 2 aromatic rings. The predicted octanol–water partition coefficient (Wildman–Crippen LogP) is 0.915. The molecule has 2 N–H and O–H groups in total. The van der Waals surface area contributed by atoms with Gasteiger partial charge in [0.1, 0.15) is 11.9 Å². The molecule has 0 aliphatic heterocycles. The van der Waals surface area contributed by atoms with Crippen molar-refractivity contribution in [1.82, 2.24) is 10.3 Å². The summed E-state index contributed by atoms with van der Waals surface area (Å²) in [6.45, 7) is -0.425. The number of hydrogen-bond donors (Lipinski definition) is 2. The molecule has 0 saturated carbocycles. The number of aliphatic hydroxyl groups is 1. The van der Waals surface area contributed by atoms with Gasteiger partial charge in [0.25, 0.3) is 5.91 Å². The third-order valence-corrected chi connectivity index (χ3v) is 3.05. The smallest absolute Gasteiger partial charge is 0.253 e. The lowest BCUT2D eigenvalue weighted by molar-refractivity contribution is 0.0932. The van der Waals surface area contributed by atoms with E-state index < -0.39 is 18.6 Å². The highest BCUT2D eigenvalue weighted by molar-refractivity contribution is 6.07. The molecule has 0 bridgehead atoms. The Hall–Kier alpha value is -2.65. The third-order valence-electron chi connectivity index (χ3n) is 3.05. The Kier molecular flexibility index (Phi) is 4.36. The number of nitriles is 1. The predicted molar refractivity (Wildman–Crippen MR) is 80.0 cm³/mol. The minimum Gasteiger partial charge on any atom is -0.393 e. The highest BCUT2D eigenvalue weighted by Gasteiger charge is 2.16. The number of amides is 1. The van der Waals surface area contributed by atoms with Crippen LogP contribution < -0.4 is 10.2 Å². The lowest BCUT2D eigenvalue weighted by Gasteiger charge is -2.15. The fourth-order valence-electron chi connectivity index (χ4n) is 1.93. The summed E-state index contributed by atoms with van der Waals surface area (Å²) in [6, 6.07) is 9.88. The van der Waals surface area contributed by atoms with Crippen LogP contribution in [0.5, 0.6) is 0 Å². The zero-order valence-corrected chi connectivity index (χ0v) is 11.9. The normalized spacial score (nSPS) is 11.7. The number of fused-ring (bicyclic) bond motifs is 1. The van der Waals surface area contributed by atoms with E-state index in [0.29, 0.717) is 22.3 Å². The van der Waals surface area contributed by atoms with Gasteiger partial charge < -0.3 is 15.3 Å². The molecule has 1 amide bonds. The van der Waals surface area contributed by atoms with Crippen LogP contribution in [-0.4, -0.2) is 42.7 Å². The van der Waals surface area contributed by atoms with Gasteiger partial charge in [0.15, 0.2) is 0 Å². The van der Waals surface area contributed by atoms with E-state index in [1.807, 2.05) is 38.4 Å². The largest absolute Gasteiger partial charge is 0.393 e. The maximum absolute atomic E-state index is 12.3. The summed E-state index contributed by atoms with van der Waals surface area (Å²) >= 11 is 0. The quantitative estimate of drug-likeness (QED) is 0.871. The molecular weight excluding hydrogens is 268 g/mol. The molecule has 1 aromatic carbocycles. The van der Waals surface area contributed by atoms with Crippen molar-refractivity contribution in [3.63, 3.8) is 0 Å². The van der Waals surface area contributed by atoms with Crippen LogP contribution in [0.25, 0.3) is 10.9 Å². The number of para-hydroxylation sites is 1. The first-order valence-corrected chi connectivity index (χ1v) is 6.45. The Morgan fingerprint density at radius 1 is 1.48 bits per heavy atom. The lowest BCUT2D eigenvalue weighted by Crippen LogP contribution is -2.36. The number of carbonyl (C=O) groups excluding carboxylic acids is 1. The number of anilines is 1. The fourth-order valence-corrected chi connectivity index (χ4v) is 1.93. The summed E-state index contributed by atoms with van der Waals surface area (Å²) in [6.07, 6.45) is 0. The Bertz CT molecular complexity index is 706. The fraction of sp³-hybridized carbons (Fsp3) is 0.267. The van der Waals surface area contributed by atoms with Crippen LogP contribution in [0.2, 0.25) is 0 Å². The van der Waals surface area contributed by atoms with Gasteiger partial charge in [-0.3, -0.25) is 4.79 Å². The minimum atomic E-state index is -0.924. The summed E-state index contributed by atoms with van der Waals surface area (Å²) < 4.78 is 0. The molecule has 0 saturated heterocycles. The van der Waals surface area contributed by atoms with Gasteiger partial charge >= 0.3 is 0 Å². The standard InChI is InChI=1S/C15H16N4O2/c1-19(2)14-7-12(15(21)17-10(8-16)9-20)11-5-3-4-6-13(11)18-14/h3-7,10,20H,9H2,1-2H3,(H,17,21). The van der Waals surface area contributed by atoms with E-state index >= 15 is 0 Å². The van der Waals surface area contributed by atoms with Crippen LogP contribution in [-0.2, 0) is 0 Å². The number of aromatic nitrogens is 1. The molecule has 1 unspecified atom stereocenters. The van der Waals surface area contributed by atoms with Crippen molar-refractivity contribution >= 4 is 22.6 Å². The Morgan fingerprint density at radius 2 is 2.19 bits per heavy atom. The van der Waals surface area contributed by atoms with Gasteiger partial charge in [-0.1, -0.05) is 18.2 Å². The van der Waals surface area contributed by atoms with Crippen molar-refractivity contribution in [2.75, 3.05) is 25.6 Å². The molecule has 108 valence electrons. The number of hydrogen-bond acceptors (Lipinski definition) is 5. The van der Waals surface area contributed by atoms with Crippen molar-refractivity contribution < 1.29 is 9.90 Å². The molecule has 21 heavy (non-hydrogen) atoms. The number of carbonyl (C=O) groups is 1. The first-order valence-electron chi connectivity index (χ1n) is 6.45. The zero-order chi connectivity index (χ0) is 15.4. The summed E-state index contributed by atoms with van der Waals surface area (Å²) in [7, 11) is 3.68. The van der Waals surface area contributed by atoms with E-state index in [9.17, 15) is 4.79 Å². The van der Waals surface area contributed by atoms with Crippen molar-refractivity contribution in [3.8, 4) is 6.07 Å². The van der Waals surface area contributed by atoms with Crippen LogP contribution in [0.15, 0.2) is 30.3 Å². The maximum Gasteiger partial charge on any atom is 0.253 e. The summed E-state index contributed by atoms with van der Waals surface area (Å²) in [5.74, 6) is 0.244. The van der Waals surface area contributed by atoms with Crippen molar-refractivity contribution in [2.45, 2.75) is 6.04 Å². The van der Waals surface area contributed by atoms with E-state index in [0.717, 1.165) is 0 Å². The number of rotatable bonds is 4. The van der Waals surface area contributed by atoms with Crippen LogP contribution in [0, 0.1) is 11.3 Å². The summed E-state index contributed by atoms with van der Waals surface area (Å²) in [5, 5.41) is 21.1. The average molecular weight is 284 g/mol. The van der Waals surface area contributed by atoms with Crippen LogP contribution >= 0.6 is 0 Å². The van der Waals surface area contributed by atoms with E-state index in [1.54, 1.807) is 17.0 Å². The number of nitrogens with one attached hydrogen (secondary N) is 1. The molecule has 0 aliphatic carbocycles. The monoisotopic (exact) mass is 284 g/mol. The molecule has 1 aromatic heterocycles. The first kappa shape index (κ1) is 14.8.